The van der Waals surface area contributed by atoms with Gasteiger partial charge in [0.25, 0.3) is 5.91 Å². The highest BCUT2D eigenvalue weighted by molar-refractivity contribution is 6.00. The Balaban J connectivity index is 1.88. The van der Waals surface area contributed by atoms with E-state index >= 15 is 0 Å². The molecule has 6 nitrogen and oxygen atoms in total. The third-order valence-electron chi connectivity index (χ3n) is 4.08. The van der Waals surface area contributed by atoms with Gasteiger partial charge in [0.2, 0.25) is 0 Å². The molecule has 1 fully saturated rings. The van der Waals surface area contributed by atoms with Crippen LogP contribution in [0.4, 0.5) is 0 Å². The Kier molecular flexibility index (Phi) is 3.94. The molecule has 0 spiro atoms. The molecule has 1 amide bonds. The van der Waals surface area contributed by atoms with Crippen molar-refractivity contribution >= 4 is 5.91 Å². The topological polar surface area (TPSA) is 63.9 Å². The third-order valence-corrected chi connectivity index (χ3v) is 4.08. The van der Waals surface area contributed by atoms with Crippen molar-refractivity contribution in [1.29, 1.82) is 0 Å². The van der Waals surface area contributed by atoms with Gasteiger partial charge in [0.1, 0.15) is 18.3 Å². The van der Waals surface area contributed by atoms with Crippen LogP contribution >= 0.6 is 0 Å². The summed E-state index contributed by atoms with van der Waals surface area (Å²) in [6.07, 6.45) is 12.5. The molecule has 0 aliphatic heterocycles. The summed E-state index contributed by atoms with van der Waals surface area (Å²) in [5, 5.41) is 1.78. The minimum Gasteiger partial charge on any atom is -0.265 e. The molecule has 110 valence electrons. The Labute approximate surface area is 123 Å². The Morgan fingerprint density at radius 1 is 1.24 bits per heavy atom. The minimum absolute atomic E-state index is 0.102. The fourth-order valence-corrected chi connectivity index (χ4v) is 2.86. The van der Waals surface area contributed by atoms with Crippen LogP contribution in [-0.2, 0) is 0 Å². The van der Waals surface area contributed by atoms with Crippen LogP contribution in [-0.4, -0.2) is 31.6 Å². The zero-order valence-corrected chi connectivity index (χ0v) is 12.1. The highest BCUT2D eigenvalue weighted by Crippen LogP contribution is 2.27. The van der Waals surface area contributed by atoms with Gasteiger partial charge in [-0.25, -0.2) is 24.6 Å². The lowest BCUT2D eigenvalue weighted by Gasteiger charge is -2.36. The quantitative estimate of drug-likeness (QED) is 0.865. The number of carbonyl (C=O) groups excluding carboxylic acids is 1. The molecule has 2 aromatic heterocycles. The van der Waals surface area contributed by atoms with E-state index in [1.165, 1.54) is 6.33 Å². The van der Waals surface area contributed by atoms with Gasteiger partial charge < -0.3 is 0 Å². The second kappa shape index (κ2) is 6.03. The summed E-state index contributed by atoms with van der Waals surface area (Å²) in [6.45, 7) is 2.27. The smallest absolute Gasteiger partial charge is 0.265 e. The second-order valence-electron chi connectivity index (χ2n) is 5.60. The van der Waals surface area contributed by atoms with E-state index in [0.717, 1.165) is 31.6 Å². The highest BCUT2D eigenvalue weighted by atomic mass is 16.2. The Bertz CT molecular complexity index is 575. The van der Waals surface area contributed by atoms with Gasteiger partial charge in [-0.3, -0.25) is 4.79 Å². The number of nitrogens with zero attached hydrogens (tertiary/aromatic N) is 5. The van der Waals surface area contributed by atoms with Gasteiger partial charge in [-0.15, -0.1) is 0 Å². The van der Waals surface area contributed by atoms with Crippen molar-refractivity contribution in [3.63, 3.8) is 0 Å². The molecule has 0 saturated heterocycles. The molecule has 1 saturated carbocycles. The molecule has 0 N–H and O–H groups in total. The summed E-state index contributed by atoms with van der Waals surface area (Å²) in [5.74, 6) is 0.634. The number of imidazole rings is 1. The number of amides is 1. The average Bonchev–Trinajstić information content (AvgIpc) is 3.04. The highest BCUT2D eigenvalue weighted by Gasteiger charge is 2.30. The van der Waals surface area contributed by atoms with Gasteiger partial charge in [-0.2, -0.15) is 0 Å². The maximum Gasteiger partial charge on any atom is 0.291 e. The molecular formula is C15H19N5O. The van der Waals surface area contributed by atoms with E-state index < -0.39 is 0 Å². The normalized spacial score (nSPS) is 22.0. The molecule has 0 atom stereocenters. The van der Waals surface area contributed by atoms with Gasteiger partial charge in [0, 0.05) is 18.6 Å². The van der Waals surface area contributed by atoms with Crippen LogP contribution in [0.1, 0.15) is 43.1 Å². The molecule has 1 aliphatic carbocycles. The predicted molar refractivity (Wildman–Crippen MR) is 78.2 cm³/mol. The van der Waals surface area contributed by atoms with E-state index in [-0.39, 0.29) is 11.9 Å². The summed E-state index contributed by atoms with van der Waals surface area (Å²) in [4.78, 5) is 24.8. The van der Waals surface area contributed by atoms with Crippen molar-refractivity contribution in [2.24, 2.45) is 5.92 Å². The van der Waals surface area contributed by atoms with E-state index in [1.54, 1.807) is 40.7 Å². The van der Waals surface area contributed by atoms with Gasteiger partial charge >= 0.3 is 0 Å². The SMILES string of the molecule is CC1CCC(N(C(=O)c2ccncn2)n2ccnc2)CC1. The van der Waals surface area contributed by atoms with Crippen LogP contribution in [0.3, 0.4) is 0 Å². The largest absolute Gasteiger partial charge is 0.291 e. The summed E-state index contributed by atoms with van der Waals surface area (Å²) >= 11 is 0. The van der Waals surface area contributed by atoms with Crippen molar-refractivity contribution in [2.45, 2.75) is 38.6 Å². The maximum absolute atomic E-state index is 12.8. The van der Waals surface area contributed by atoms with Crippen molar-refractivity contribution in [3.05, 3.63) is 43.0 Å². The zero-order chi connectivity index (χ0) is 14.7. The first kappa shape index (κ1) is 13.7. The lowest BCUT2D eigenvalue weighted by atomic mass is 9.87. The molecule has 21 heavy (non-hydrogen) atoms. The van der Waals surface area contributed by atoms with E-state index in [4.69, 9.17) is 0 Å². The Hall–Kier alpha value is -2.24. The molecule has 0 bridgehead atoms. The van der Waals surface area contributed by atoms with Crippen LogP contribution in [0.5, 0.6) is 0 Å². The summed E-state index contributed by atoms with van der Waals surface area (Å²) in [7, 11) is 0. The summed E-state index contributed by atoms with van der Waals surface area (Å²) in [6, 6.07) is 1.84. The van der Waals surface area contributed by atoms with Crippen LogP contribution in [0.15, 0.2) is 37.3 Å². The first-order chi connectivity index (χ1) is 10.3. The van der Waals surface area contributed by atoms with Gasteiger partial charge in [-0.05, 0) is 37.7 Å². The van der Waals surface area contributed by atoms with Gasteiger partial charge in [-0.1, -0.05) is 6.92 Å². The number of aromatic nitrogens is 4. The van der Waals surface area contributed by atoms with E-state index in [9.17, 15) is 4.79 Å². The number of hydrogen-bond donors (Lipinski definition) is 0. The predicted octanol–water partition coefficient (Wildman–Crippen LogP) is 2.03. The number of hydrogen-bond acceptors (Lipinski definition) is 4. The van der Waals surface area contributed by atoms with E-state index in [0.29, 0.717) is 5.69 Å². The Morgan fingerprint density at radius 2 is 2.05 bits per heavy atom. The van der Waals surface area contributed by atoms with Crippen molar-refractivity contribution < 1.29 is 4.79 Å². The molecule has 0 radical (unpaired) electrons. The molecule has 0 aromatic carbocycles. The molecular weight excluding hydrogens is 266 g/mol. The standard InChI is InChI=1S/C15H19N5O/c1-12-2-4-13(5-3-12)20(19-9-8-17-11-19)15(21)14-6-7-16-10-18-14/h6-13H,2-5H2,1H3. The molecule has 3 rings (SSSR count). The van der Waals surface area contributed by atoms with Gasteiger partial charge in [0.15, 0.2) is 0 Å². The summed E-state index contributed by atoms with van der Waals surface area (Å²) < 4.78 is 1.77. The second-order valence-corrected chi connectivity index (χ2v) is 5.60. The average molecular weight is 285 g/mol. The molecule has 0 unspecified atom stereocenters. The van der Waals surface area contributed by atoms with Crippen LogP contribution in [0.25, 0.3) is 0 Å². The number of rotatable bonds is 3. The monoisotopic (exact) mass is 285 g/mol. The van der Waals surface area contributed by atoms with Crippen LogP contribution in [0, 0.1) is 5.92 Å². The van der Waals surface area contributed by atoms with Crippen molar-refractivity contribution in [3.8, 4) is 0 Å². The van der Waals surface area contributed by atoms with Crippen LogP contribution < -0.4 is 5.01 Å². The maximum atomic E-state index is 12.8. The van der Waals surface area contributed by atoms with E-state index in [2.05, 4.69) is 21.9 Å². The lowest BCUT2D eigenvalue weighted by molar-refractivity contribution is 0.0924. The van der Waals surface area contributed by atoms with Crippen molar-refractivity contribution in [2.75, 3.05) is 5.01 Å². The molecule has 6 heteroatoms. The lowest BCUT2D eigenvalue weighted by Crippen LogP contribution is -2.49. The fraction of sp³-hybridized carbons (Fsp3) is 0.467. The molecule has 2 aromatic rings. The third kappa shape index (κ3) is 2.94. The van der Waals surface area contributed by atoms with E-state index in [1.807, 2.05) is 0 Å². The molecule has 1 aliphatic rings. The van der Waals surface area contributed by atoms with Crippen molar-refractivity contribution in [1.82, 2.24) is 19.6 Å². The Morgan fingerprint density at radius 3 is 2.67 bits per heavy atom. The number of carbonyl (C=O) groups is 1. The van der Waals surface area contributed by atoms with Crippen LogP contribution in [0.2, 0.25) is 0 Å². The first-order valence-electron chi connectivity index (χ1n) is 7.33. The summed E-state index contributed by atoms with van der Waals surface area (Å²) in [5.41, 5.74) is 0.414. The first-order valence-corrected chi connectivity index (χ1v) is 7.33. The minimum atomic E-state index is -0.102. The molecule has 2 heterocycles. The van der Waals surface area contributed by atoms with Gasteiger partial charge in [0.05, 0.1) is 6.04 Å². The zero-order valence-electron chi connectivity index (χ0n) is 12.1. The fourth-order valence-electron chi connectivity index (χ4n) is 2.86.